The van der Waals surface area contributed by atoms with Crippen molar-refractivity contribution in [3.05, 3.63) is 29.3 Å². The Morgan fingerprint density at radius 3 is 3.00 bits per heavy atom. The molecule has 1 saturated heterocycles. The Hall–Kier alpha value is -1.02. The number of phenolic OH excluding ortho intramolecular Hbond substituents is 1. The molecule has 0 radical (unpaired) electrons. The van der Waals surface area contributed by atoms with Crippen molar-refractivity contribution in [2.75, 3.05) is 20.1 Å². The van der Waals surface area contributed by atoms with Crippen LogP contribution in [0.1, 0.15) is 36.8 Å². The molecule has 2 fully saturated rings. The van der Waals surface area contributed by atoms with Gasteiger partial charge in [0, 0.05) is 12.0 Å². The van der Waals surface area contributed by atoms with Crippen molar-refractivity contribution in [3.63, 3.8) is 0 Å². The summed E-state index contributed by atoms with van der Waals surface area (Å²) in [6.07, 6.45) is 6.50. The molecule has 0 amide bonds. The SMILES string of the molecule is CN1CC[C@]23c4cccc(O)c4C[C@H]2CCC[C@H]3C1. The monoisotopic (exact) mass is 257 g/mol. The predicted octanol–water partition coefficient (Wildman–Crippen LogP) is 2.94. The van der Waals surface area contributed by atoms with Gasteiger partial charge in [0.05, 0.1) is 0 Å². The van der Waals surface area contributed by atoms with E-state index in [0.717, 1.165) is 18.3 Å². The standard InChI is InChI=1S/C17H23NO/c1-18-9-8-17-12(4-2-5-13(17)11-18)10-14-15(17)6-3-7-16(14)19/h3,6-7,12-13,19H,2,4-5,8-11H2,1H3/t12-,13+,17+/m1/s1. The highest BCUT2D eigenvalue weighted by Gasteiger charge is 2.54. The summed E-state index contributed by atoms with van der Waals surface area (Å²) in [5.41, 5.74) is 3.15. The van der Waals surface area contributed by atoms with Gasteiger partial charge in [-0.25, -0.2) is 0 Å². The molecule has 2 heteroatoms. The Kier molecular flexibility index (Phi) is 2.47. The van der Waals surface area contributed by atoms with Gasteiger partial charge in [0.25, 0.3) is 0 Å². The fourth-order valence-corrected chi connectivity index (χ4v) is 5.30. The first-order valence-corrected chi connectivity index (χ1v) is 7.71. The average Bonchev–Trinajstić information content (AvgIpc) is 2.74. The summed E-state index contributed by atoms with van der Waals surface area (Å²) in [7, 11) is 2.26. The molecule has 3 atom stereocenters. The molecule has 1 aromatic rings. The molecule has 1 aromatic carbocycles. The summed E-state index contributed by atoms with van der Waals surface area (Å²) >= 11 is 0. The van der Waals surface area contributed by atoms with E-state index in [-0.39, 0.29) is 0 Å². The second kappa shape index (κ2) is 3.99. The molecule has 0 aromatic heterocycles. The molecule has 1 aliphatic heterocycles. The zero-order valence-corrected chi connectivity index (χ0v) is 11.7. The maximum absolute atomic E-state index is 10.2. The van der Waals surface area contributed by atoms with Crippen molar-refractivity contribution in [3.8, 4) is 5.75 Å². The quantitative estimate of drug-likeness (QED) is 0.772. The molecule has 19 heavy (non-hydrogen) atoms. The van der Waals surface area contributed by atoms with Gasteiger partial charge in [0.2, 0.25) is 0 Å². The van der Waals surface area contributed by atoms with Gasteiger partial charge in [-0.2, -0.15) is 0 Å². The lowest BCUT2D eigenvalue weighted by atomic mass is 9.56. The summed E-state index contributed by atoms with van der Waals surface area (Å²) in [6.45, 7) is 2.45. The van der Waals surface area contributed by atoms with Crippen molar-refractivity contribution in [2.45, 2.75) is 37.5 Å². The highest BCUT2D eigenvalue weighted by atomic mass is 16.3. The molecule has 2 aliphatic carbocycles. The van der Waals surface area contributed by atoms with Crippen LogP contribution in [-0.4, -0.2) is 30.1 Å². The summed E-state index contributed by atoms with van der Waals surface area (Å²) in [5, 5.41) is 10.2. The predicted molar refractivity (Wildman–Crippen MR) is 76.4 cm³/mol. The second-order valence-corrected chi connectivity index (χ2v) is 6.88. The van der Waals surface area contributed by atoms with E-state index >= 15 is 0 Å². The van der Waals surface area contributed by atoms with E-state index in [1.807, 2.05) is 6.07 Å². The zero-order chi connectivity index (χ0) is 13.0. The van der Waals surface area contributed by atoms with Gasteiger partial charge in [-0.15, -0.1) is 0 Å². The Labute approximate surface area is 115 Å². The number of aromatic hydroxyl groups is 1. The largest absolute Gasteiger partial charge is 0.508 e. The van der Waals surface area contributed by atoms with Crippen LogP contribution in [0.15, 0.2) is 18.2 Å². The van der Waals surface area contributed by atoms with Gasteiger partial charge in [0.1, 0.15) is 5.75 Å². The van der Waals surface area contributed by atoms with E-state index in [1.165, 1.54) is 49.9 Å². The highest BCUT2D eigenvalue weighted by Crippen LogP contribution is 2.59. The van der Waals surface area contributed by atoms with Gasteiger partial charge in [-0.1, -0.05) is 18.6 Å². The minimum atomic E-state index is 0.388. The van der Waals surface area contributed by atoms with Gasteiger partial charge in [-0.05, 0) is 68.3 Å². The third kappa shape index (κ3) is 1.47. The molecule has 0 unspecified atom stereocenters. The fraction of sp³-hybridized carbons (Fsp3) is 0.647. The molecule has 1 heterocycles. The van der Waals surface area contributed by atoms with Crippen LogP contribution in [0.25, 0.3) is 0 Å². The smallest absolute Gasteiger partial charge is 0.119 e. The van der Waals surface area contributed by atoms with Gasteiger partial charge in [-0.3, -0.25) is 0 Å². The molecule has 1 N–H and O–H groups in total. The Bertz CT molecular complexity index is 512. The number of likely N-dealkylation sites (tertiary alicyclic amines) is 1. The van der Waals surface area contributed by atoms with Crippen LogP contribution in [0.5, 0.6) is 5.75 Å². The third-order valence-corrected chi connectivity index (χ3v) is 6.10. The average molecular weight is 257 g/mol. The lowest BCUT2D eigenvalue weighted by Crippen LogP contribution is -2.53. The topological polar surface area (TPSA) is 23.5 Å². The van der Waals surface area contributed by atoms with E-state index in [9.17, 15) is 5.11 Å². The van der Waals surface area contributed by atoms with Crippen molar-refractivity contribution >= 4 is 0 Å². The van der Waals surface area contributed by atoms with Crippen molar-refractivity contribution < 1.29 is 5.11 Å². The van der Waals surface area contributed by atoms with Gasteiger partial charge < -0.3 is 10.0 Å². The van der Waals surface area contributed by atoms with Crippen LogP contribution in [0.4, 0.5) is 0 Å². The minimum Gasteiger partial charge on any atom is -0.508 e. The van der Waals surface area contributed by atoms with Crippen LogP contribution in [0, 0.1) is 11.8 Å². The molecule has 1 saturated carbocycles. The van der Waals surface area contributed by atoms with Crippen LogP contribution in [0.2, 0.25) is 0 Å². The van der Waals surface area contributed by atoms with Gasteiger partial charge >= 0.3 is 0 Å². The first-order chi connectivity index (χ1) is 9.22. The van der Waals surface area contributed by atoms with Gasteiger partial charge in [0.15, 0.2) is 0 Å². The van der Waals surface area contributed by atoms with Crippen molar-refractivity contribution in [1.29, 1.82) is 0 Å². The van der Waals surface area contributed by atoms with Crippen molar-refractivity contribution in [2.24, 2.45) is 11.8 Å². The molecule has 3 aliphatic rings. The number of benzene rings is 1. The third-order valence-electron chi connectivity index (χ3n) is 6.10. The van der Waals surface area contributed by atoms with E-state index < -0.39 is 0 Å². The number of rotatable bonds is 0. The van der Waals surface area contributed by atoms with E-state index in [4.69, 9.17) is 0 Å². The Balaban J connectivity index is 1.86. The van der Waals surface area contributed by atoms with Crippen molar-refractivity contribution in [1.82, 2.24) is 4.90 Å². The first-order valence-electron chi connectivity index (χ1n) is 7.71. The fourth-order valence-electron chi connectivity index (χ4n) is 5.30. The normalized spacial score (nSPS) is 37.5. The Morgan fingerprint density at radius 2 is 2.11 bits per heavy atom. The lowest BCUT2D eigenvalue weighted by molar-refractivity contribution is 0.0347. The maximum Gasteiger partial charge on any atom is 0.119 e. The van der Waals surface area contributed by atoms with E-state index in [0.29, 0.717) is 11.2 Å². The summed E-state index contributed by atoms with van der Waals surface area (Å²) < 4.78 is 0. The summed E-state index contributed by atoms with van der Waals surface area (Å²) in [6, 6.07) is 6.23. The summed E-state index contributed by atoms with van der Waals surface area (Å²) in [4.78, 5) is 2.50. The molecule has 1 spiro atoms. The number of fused-ring (bicyclic) bond motifs is 1. The Morgan fingerprint density at radius 1 is 1.26 bits per heavy atom. The number of nitrogens with zero attached hydrogens (tertiary/aromatic N) is 1. The maximum atomic E-state index is 10.2. The number of phenols is 1. The van der Waals surface area contributed by atoms with Crippen LogP contribution >= 0.6 is 0 Å². The number of hydrogen-bond acceptors (Lipinski definition) is 2. The molecular formula is C17H23NO. The molecular weight excluding hydrogens is 234 g/mol. The molecule has 102 valence electrons. The number of piperidine rings is 1. The highest BCUT2D eigenvalue weighted by molar-refractivity contribution is 5.49. The molecule has 0 bridgehead atoms. The summed E-state index contributed by atoms with van der Waals surface area (Å²) in [5.74, 6) is 2.12. The van der Waals surface area contributed by atoms with E-state index in [1.54, 1.807) is 0 Å². The number of hydrogen-bond donors (Lipinski definition) is 1. The van der Waals surface area contributed by atoms with E-state index in [2.05, 4.69) is 24.1 Å². The first kappa shape index (κ1) is 11.8. The van der Waals surface area contributed by atoms with Crippen LogP contribution in [0.3, 0.4) is 0 Å². The molecule has 2 nitrogen and oxygen atoms in total. The minimum absolute atomic E-state index is 0.388. The van der Waals surface area contributed by atoms with Crippen LogP contribution < -0.4 is 0 Å². The van der Waals surface area contributed by atoms with Crippen LogP contribution in [-0.2, 0) is 11.8 Å². The molecule has 4 rings (SSSR count). The second-order valence-electron chi connectivity index (χ2n) is 6.88. The lowest BCUT2D eigenvalue weighted by Gasteiger charge is -2.52. The zero-order valence-electron chi connectivity index (χ0n) is 11.7.